The van der Waals surface area contributed by atoms with Gasteiger partial charge in [0.25, 0.3) is 0 Å². The van der Waals surface area contributed by atoms with Crippen molar-refractivity contribution in [2.75, 3.05) is 49.8 Å². The predicted molar refractivity (Wildman–Crippen MR) is 110 cm³/mol. The van der Waals surface area contributed by atoms with Crippen LogP contribution in [0.5, 0.6) is 0 Å². The van der Waals surface area contributed by atoms with Crippen LogP contribution in [-0.4, -0.2) is 81.6 Å². The van der Waals surface area contributed by atoms with Crippen LogP contribution in [0.15, 0.2) is 24.3 Å². The smallest absolute Gasteiger partial charge is 0.243 e. The van der Waals surface area contributed by atoms with Crippen LogP contribution in [0.4, 0.5) is 5.69 Å². The minimum atomic E-state index is -3.59. The molecule has 1 aromatic carbocycles. The standard InChI is InChI=1S/C19H30N4O4S/c1-15(2)20-18(24)13-21-9-11-22(12-10-21)19(25)14-23(28(4,26)27)17-8-6-5-7-16(17)3/h5-8,15H,9-14H2,1-4H3,(H,20,24). The molecule has 0 radical (unpaired) electrons. The first-order chi connectivity index (χ1) is 13.1. The summed E-state index contributed by atoms with van der Waals surface area (Å²) in [5.74, 6) is -0.266. The van der Waals surface area contributed by atoms with Gasteiger partial charge in [0.05, 0.1) is 18.5 Å². The number of amides is 2. The highest BCUT2D eigenvalue weighted by atomic mass is 32.2. The van der Waals surface area contributed by atoms with Crippen molar-refractivity contribution in [3.63, 3.8) is 0 Å². The number of carbonyl (C=O) groups excluding carboxylic acids is 2. The number of sulfonamides is 1. The van der Waals surface area contributed by atoms with Crippen LogP contribution in [0.2, 0.25) is 0 Å². The highest BCUT2D eigenvalue weighted by Gasteiger charge is 2.27. The van der Waals surface area contributed by atoms with Crippen molar-refractivity contribution < 1.29 is 18.0 Å². The van der Waals surface area contributed by atoms with E-state index in [4.69, 9.17) is 0 Å². The van der Waals surface area contributed by atoms with Gasteiger partial charge in [-0.3, -0.25) is 18.8 Å². The molecule has 1 aliphatic heterocycles. The fourth-order valence-corrected chi connectivity index (χ4v) is 4.08. The van der Waals surface area contributed by atoms with E-state index in [0.717, 1.165) is 16.1 Å². The van der Waals surface area contributed by atoms with Crippen LogP contribution in [0, 0.1) is 6.92 Å². The van der Waals surface area contributed by atoms with E-state index >= 15 is 0 Å². The Morgan fingerprint density at radius 2 is 1.75 bits per heavy atom. The van der Waals surface area contributed by atoms with Crippen LogP contribution < -0.4 is 9.62 Å². The summed E-state index contributed by atoms with van der Waals surface area (Å²) in [5, 5.41) is 2.86. The van der Waals surface area contributed by atoms with Crippen molar-refractivity contribution in [3.05, 3.63) is 29.8 Å². The van der Waals surface area contributed by atoms with Crippen LogP contribution in [-0.2, 0) is 19.6 Å². The number of benzene rings is 1. The molecule has 0 bridgehead atoms. The zero-order valence-corrected chi connectivity index (χ0v) is 17.8. The number of nitrogens with zero attached hydrogens (tertiary/aromatic N) is 3. The number of carbonyl (C=O) groups is 2. The Labute approximate surface area is 167 Å². The number of hydrogen-bond donors (Lipinski definition) is 1. The van der Waals surface area contributed by atoms with Gasteiger partial charge in [-0.05, 0) is 32.4 Å². The van der Waals surface area contributed by atoms with Gasteiger partial charge >= 0.3 is 0 Å². The maximum atomic E-state index is 12.7. The van der Waals surface area contributed by atoms with Gasteiger partial charge in [-0.2, -0.15) is 0 Å². The van der Waals surface area contributed by atoms with Gasteiger partial charge < -0.3 is 10.2 Å². The van der Waals surface area contributed by atoms with Crippen molar-refractivity contribution in [1.82, 2.24) is 15.1 Å². The van der Waals surface area contributed by atoms with Gasteiger partial charge in [0.2, 0.25) is 21.8 Å². The molecule has 156 valence electrons. The number of nitrogens with one attached hydrogen (secondary N) is 1. The topological polar surface area (TPSA) is 90.0 Å². The van der Waals surface area contributed by atoms with Crippen LogP contribution in [0.1, 0.15) is 19.4 Å². The molecule has 1 fully saturated rings. The van der Waals surface area contributed by atoms with E-state index in [1.807, 2.05) is 37.8 Å². The van der Waals surface area contributed by atoms with E-state index in [-0.39, 0.29) is 24.4 Å². The minimum absolute atomic E-state index is 0.0300. The molecule has 1 N–H and O–H groups in total. The van der Waals surface area contributed by atoms with Crippen molar-refractivity contribution in [3.8, 4) is 0 Å². The Bertz CT molecular complexity index is 802. The normalized spacial score (nSPS) is 15.5. The quantitative estimate of drug-likeness (QED) is 0.704. The number of anilines is 1. The van der Waals surface area contributed by atoms with Crippen LogP contribution in [0.25, 0.3) is 0 Å². The Morgan fingerprint density at radius 3 is 2.29 bits per heavy atom. The molecule has 0 saturated carbocycles. The van der Waals surface area contributed by atoms with Crippen molar-refractivity contribution in [2.24, 2.45) is 0 Å². The number of hydrogen-bond acceptors (Lipinski definition) is 5. The number of para-hydroxylation sites is 1. The van der Waals surface area contributed by atoms with Crippen LogP contribution in [0.3, 0.4) is 0 Å². The summed E-state index contributed by atoms with van der Waals surface area (Å²) in [4.78, 5) is 28.3. The third-order valence-corrected chi connectivity index (χ3v) is 5.73. The fourth-order valence-electron chi connectivity index (χ4n) is 3.17. The van der Waals surface area contributed by atoms with Crippen LogP contribution >= 0.6 is 0 Å². The van der Waals surface area contributed by atoms with Gasteiger partial charge in [0.15, 0.2) is 0 Å². The highest BCUT2D eigenvalue weighted by molar-refractivity contribution is 7.92. The Morgan fingerprint density at radius 1 is 1.14 bits per heavy atom. The average Bonchev–Trinajstić information content (AvgIpc) is 2.59. The van der Waals surface area contributed by atoms with Gasteiger partial charge in [0.1, 0.15) is 6.54 Å². The zero-order chi connectivity index (χ0) is 20.9. The Hall–Kier alpha value is -2.13. The molecule has 1 heterocycles. The van der Waals surface area contributed by atoms with E-state index in [1.54, 1.807) is 17.0 Å². The summed E-state index contributed by atoms with van der Waals surface area (Å²) in [6.07, 6.45) is 1.11. The summed E-state index contributed by atoms with van der Waals surface area (Å²) in [6, 6.07) is 7.20. The molecule has 0 atom stereocenters. The van der Waals surface area contributed by atoms with E-state index in [0.29, 0.717) is 38.4 Å². The molecule has 1 saturated heterocycles. The number of aryl methyl sites for hydroxylation is 1. The number of rotatable bonds is 7. The first kappa shape index (κ1) is 22.2. The Balaban J connectivity index is 1.97. The molecule has 2 amide bonds. The maximum Gasteiger partial charge on any atom is 0.243 e. The van der Waals surface area contributed by atoms with E-state index in [2.05, 4.69) is 5.32 Å². The second kappa shape index (κ2) is 9.38. The summed E-state index contributed by atoms with van der Waals surface area (Å²) in [6.45, 7) is 7.83. The third kappa shape index (κ3) is 6.20. The average molecular weight is 411 g/mol. The lowest BCUT2D eigenvalue weighted by Crippen LogP contribution is -2.53. The van der Waals surface area contributed by atoms with E-state index in [9.17, 15) is 18.0 Å². The lowest BCUT2D eigenvalue weighted by atomic mass is 10.2. The fraction of sp³-hybridized carbons (Fsp3) is 0.579. The van der Waals surface area contributed by atoms with E-state index in [1.165, 1.54) is 0 Å². The molecule has 0 aromatic heterocycles. The highest BCUT2D eigenvalue weighted by Crippen LogP contribution is 2.22. The van der Waals surface area contributed by atoms with Gasteiger partial charge in [-0.15, -0.1) is 0 Å². The van der Waals surface area contributed by atoms with Gasteiger partial charge in [-0.1, -0.05) is 18.2 Å². The molecular formula is C19H30N4O4S. The van der Waals surface area contributed by atoms with Gasteiger partial charge in [-0.25, -0.2) is 8.42 Å². The molecular weight excluding hydrogens is 380 g/mol. The second-order valence-electron chi connectivity index (χ2n) is 7.44. The molecule has 2 rings (SSSR count). The predicted octanol–water partition coefficient (Wildman–Crippen LogP) is 0.430. The van der Waals surface area contributed by atoms with Crippen molar-refractivity contribution >= 4 is 27.5 Å². The first-order valence-electron chi connectivity index (χ1n) is 9.40. The molecule has 1 aliphatic rings. The van der Waals surface area contributed by atoms with Crippen molar-refractivity contribution in [1.29, 1.82) is 0 Å². The molecule has 0 spiro atoms. The molecule has 0 unspecified atom stereocenters. The Kier molecular flexibility index (Phi) is 7.42. The lowest BCUT2D eigenvalue weighted by molar-refractivity contribution is -0.131. The van der Waals surface area contributed by atoms with Crippen molar-refractivity contribution in [2.45, 2.75) is 26.8 Å². The first-order valence-corrected chi connectivity index (χ1v) is 11.3. The molecule has 28 heavy (non-hydrogen) atoms. The largest absolute Gasteiger partial charge is 0.353 e. The third-order valence-electron chi connectivity index (χ3n) is 4.61. The lowest BCUT2D eigenvalue weighted by Gasteiger charge is -2.35. The summed E-state index contributed by atoms with van der Waals surface area (Å²) >= 11 is 0. The number of piperazine rings is 1. The minimum Gasteiger partial charge on any atom is -0.353 e. The monoisotopic (exact) mass is 410 g/mol. The maximum absolute atomic E-state index is 12.7. The zero-order valence-electron chi connectivity index (χ0n) is 17.0. The summed E-state index contributed by atoms with van der Waals surface area (Å²) in [5.41, 5.74) is 1.31. The molecule has 8 nitrogen and oxygen atoms in total. The molecule has 1 aromatic rings. The second-order valence-corrected chi connectivity index (χ2v) is 9.34. The summed E-state index contributed by atoms with van der Waals surface area (Å²) < 4.78 is 25.7. The molecule has 9 heteroatoms. The van der Waals surface area contributed by atoms with E-state index < -0.39 is 10.0 Å². The molecule has 0 aliphatic carbocycles. The SMILES string of the molecule is Cc1ccccc1N(CC(=O)N1CCN(CC(=O)NC(C)C)CC1)S(C)(=O)=O. The van der Waals surface area contributed by atoms with Gasteiger partial charge in [0, 0.05) is 32.2 Å². The summed E-state index contributed by atoms with van der Waals surface area (Å²) in [7, 11) is -3.59.